The van der Waals surface area contributed by atoms with Gasteiger partial charge in [0.2, 0.25) is 0 Å². The van der Waals surface area contributed by atoms with E-state index >= 15 is 0 Å². The van der Waals surface area contributed by atoms with Crippen LogP contribution in [-0.4, -0.2) is 13.1 Å². The monoisotopic (exact) mass is 295 g/mol. The predicted octanol–water partition coefficient (Wildman–Crippen LogP) is 4.33. The minimum atomic E-state index is 0.686. The molecule has 0 bridgehead atoms. The fourth-order valence-electron chi connectivity index (χ4n) is 2.58. The van der Waals surface area contributed by atoms with Gasteiger partial charge in [0, 0.05) is 16.9 Å². The van der Waals surface area contributed by atoms with Gasteiger partial charge in [0.1, 0.15) is 0 Å². The highest BCUT2D eigenvalue weighted by molar-refractivity contribution is 9.10. The number of hydrogen-bond acceptors (Lipinski definition) is 1. The van der Waals surface area contributed by atoms with Crippen molar-refractivity contribution in [2.24, 2.45) is 5.92 Å². The van der Waals surface area contributed by atoms with E-state index in [0.29, 0.717) is 5.92 Å². The van der Waals surface area contributed by atoms with Crippen LogP contribution in [0, 0.1) is 5.92 Å². The van der Waals surface area contributed by atoms with E-state index in [1.54, 1.807) is 0 Å². The highest BCUT2D eigenvalue weighted by Gasteiger charge is 2.29. The normalized spacial score (nSPS) is 17.8. The van der Waals surface area contributed by atoms with E-state index < -0.39 is 0 Å². The molecule has 1 nitrogen and oxygen atoms in total. The maximum absolute atomic E-state index is 3.70. The van der Waals surface area contributed by atoms with Crippen LogP contribution < -0.4 is 5.32 Å². The molecule has 1 saturated carbocycles. The van der Waals surface area contributed by atoms with Crippen molar-refractivity contribution < 1.29 is 0 Å². The Hall–Kier alpha value is -0.340. The van der Waals surface area contributed by atoms with Gasteiger partial charge < -0.3 is 5.32 Å². The first-order chi connectivity index (χ1) is 8.33. The summed E-state index contributed by atoms with van der Waals surface area (Å²) in [6.45, 7) is 4.48. The first-order valence-electron chi connectivity index (χ1n) is 6.78. The Labute approximate surface area is 113 Å². The summed E-state index contributed by atoms with van der Waals surface area (Å²) in [5.74, 6) is 1.57. The Bertz CT molecular complexity index is 347. The standard InChI is InChI=1S/C15H22BrN/c1-2-10-17-11-14(12-6-5-7-12)13-8-3-4-9-15(13)16/h3-4,8-9,12,14,17H,2,5-7,10-11H2,1H3. The largest absolute Gasteiger partial charge is 0.316 e. The van der Waals surface area contributed by atoms with Gasteiger partial charge in [0.25, 0.3) is 0 Å². The highest BCUT2D eigenvalue weighted by Crippen LogP contribution is 2.41. The highest BCUT2D eigenvalue weighted by atomic mass is 79.9. The molecule has 0 aromatic heterocycles. The van der Waals surface area contributed by atoms with Crippen LogP contribution in [0.3, 0.4) is 0 Å². The van der Waals surface area contributed by atoms with E-state index in [9.17, 15) is 0 Å². The van der Waals surface area contributed by atoms with Gasteiger partial charge in [0.15, 0.2) is 0 Å². The summed E-state index contributed by atoms with van der Waals surface area (Å²) in [6, 6.07) is 8.71. The molecule has 17 heavy (non-hydrogen) atoms. The van der Waals surface area contributed by atoms with Crippen LogP contribution >= 0.6 is 15.9 Å². The molecule has 1 aromatic carbocycles. The molecule has 2 heteroatoms. The second-order valence-electron chi connectivity index (χ2n) is 5.02. The van der Waals surface area contributed by atoms with Gasteiger partial charge in [-0.15, -0.1) is 0 Å². The average Bonchev–Trinajstić information content (AvgIpc) is 2.26. The topological polar surface area (TPSA) is 12.0 Å². The molecule has 0 spiro atoms. The molecule has 0 aliphatic heterocycles. The lowest BCUT2D eigenvalue weighted by atomic mass is 9.73. The van der Waals surface area contributed by atoms with E-state index in [2.05, 4.69) is 52.4 Å². The van der Waals surface area contributed by atoms with Gasteiger partial charge in [-0.3, -0.25) is 0 Å². The molecular formula is C15H22BrN. The van der Waals surface area contributed by atoms with E-state index in [1.165, 1.54) is 35.7 Å². The summed E-state index contributed by atoms with van der Waals surface area (Å²) in [6.07, 6.45) is 5.44. The third-order valence-electron chi connectivity index (χ3n) is 3.81. The average molecular weight is 296 g/mol. The second kappa shape index (κ2) is 6.55. The van der Waals surface area contributed by atoms with Crippen molar-refractivity contribution >= 4 is 15.9 Å². The van der Waals surface area contributed by atoms with E-state index in [1.807, 2.05) is 0 Å². The molecule has 1 fully saturated rings. The van der Waals surface area contributed by atoms with E-state index in [0.717, 1.165) is 19.0 Å². The van der Waals surface area contributed by atoms with Gasteiger partial charge >= 0.3 is 0 Å². The molecule has 0 saturated heterocycles. The van der Waals surface area contributed by atoms with E-state index in [4.69, 9.17) is 0 Å². The van der Waals surface area contributed by atoms with Crippen molar-refractivity contribution in [3.63, 3.8) is 0 Å². The van der Waals surface area contributed by atoms with Gasteiger partial charge in [0.05, 0.1) is 0 Å². The van der Waals surface area contributed by atoms with Crippen molar-refractivity contribution in [2.75, 3.05) is 13.1 Å². The molecule has 1 N–H and O–H groups in total. The second-order valence-corrected chi connectivity index (χ2v) is 5.88. The predicted molar refractivity (Wildman–Crippen MR) is 77.4 cm³/mol. The summed E-state index contributed by atoms with van der Waals surface area (Å²) in [7, 11) is 0. The SMILES string of the molecule is CCCNCC(c1ccccc1Br)C1CCC1. The molecule has 0 amide bonds. The van der Waals surface area contributed by atoms with Crippen molar-refractivity contribution in [2.45, 2.75) is 38.5 Å². The molecule has 0 heterocycles. The van der Waals surface area contributed by atoms with Gasteiger partial charge in [-0.2, -0.15) is 0 Å². The molecule has 1 aliphatic carbocycles. The lowest BCUT2D eigenvalue weighted by Crippen LogP contribution is -2.30. The lowest BCUT2D eigenvalue weighted by Gasteiger charge is -2.35. The van der Waals surface area contributed by atoms with Crippen LogP contribution in [0.4, 0.5) is 0 Å². The number of benzene rings is 1. The Balaban J connectivity index is 2.06. The maximum Gasteiger partial charge on any atom is 0.0210 e. The Morgan fingerprint density at radius 3 is 2.71 bits per heavy atom. The van der Waals surface area contributed by atoms with Crippen LogP contribution in [0.2, 0.25) is 0 Å². The zero-order valence-electron chi connectivity index (χ0n) is 10.6. The Morgan fingerprint density at radius 1 is 1.35 bits per heavy atom. The number of nitrogens with one attached hydrogen (secondary N) is 1. The molecule has 1 aliphatic rings. The fraction of sp³-hybridized carbons (Fsp3) is 0.600. The number of hydrogen-bond donors (Lipinski definition) is 1. The maximum atomic E-state index is 3.70. The number of rotatable bonds is 6. The first kappa shape index (κ1) is 13.1. The van der Waals surface area contributed by atoms with Crippen molar-refractivity contribution in [1.29, 1.82) is 0 Å². The summed E-state index contributed by atoms with van der Waals surface area (Å²) in [5.41, 5.74) is 1.49. The third-order valence-corrected chi connectivity index (χ3v) is 4.54. The summed E-state index contributed by atoms with van der Waals surface area (Å²) >= 11 is 3.70. The molecule has 2 rings (SSSR count). The Morgan fingerprint density at radius 2 is 2.12 bits per heavy atom. The molecule has 0 radical (unpaired) electrons. The van der Waals surface area contributed by atoms with Crippen LogP contribution in [0.5, 0.6) is 0 Å². The zero-order valence-corrected chi connectivity index (χ0v) is 12.2. The minimum Gasteiger partial charge on any atom is -0.316 e. The molecular weight excluding hydrogens is 274 g/mol. The first-order valence-corrected chi connectivity index (χ1v) is 7.57. The minimum absolute atomic E-state index is 0.686. The molecule has 1 unspecified atom stereocenters. The summed E-state index contributed by atoms with van der Waals surface area (Å²) in [5, 5.41) is 3.59. The van der Waals surface area contributed by atoms with Gasteiger partial charge in [-0.05, 0) is 43.4 Å². The van der Waals surface area contributed by atoms with Crippen LogP contribution in [0.15, 0.2) is 28.7 Å². The van der Waals surface area contributed by atoms with Crippen LogP contribution in [0.25, 0.3) is 0 Å². The quantitative estimate of drug-likeness (QED) is 0.770. The lowest BCUT2D eigenvalue weighted by molar-refractivity contribution is 0.254. The van der Waals surface area contributed by atoms with Crippen molar-refractivity contribution in [3.05, 3.63) is 34.3 Å². The van der Waals surface area contributed by atoms with Crippen LogP contribution in [0.1, 0.15) is 44.1 Å². The van der Waals surface area contributed by atoms with Crippen molar-refractivity contribution in [3.8, 4) is 0 Å². The van der Waals surface area contributed by atoms with Crippen LogP contribution in [-0.2, 0) is 0 Å². The van der Waals surface area contributed by atoms with Gasteiger partial charge in [-0.25, -0.2) is 0 Å². The summed E-state index contributed by atoms with van der Waals surface area (Å²) < 4.78 is 1.27. The third kappa shape index (κ3) is 3.32. The fourth-order valence-corrected chi connectivity index (χ4v) is 3.16. The van der Waals surface area contributed by atoms with Gasteiger partial charge in [-0.1, -0.05) is 47.5 Å². The van der Waals surface area contributed by atoms with E-state index in [-0.39, 0.29) is 0 Å². The Kier molecular flexibility index (Phi) is 5.05. The zero-order chi connectivity index (χ0) is 12.1. The number of halogens is 1. The summed E-state index contributed by atoms with van der Waals surface area (Å²) in [4.78, 5) is 0. The molecule has 1 aromatic rings. The molecule has 94 valence electrons. The molecule has 1 atom stereocenters. The van der Waals surface area contributed by atoms with Crippen molar-refractivity contribution in [1.82, 2.24) is 5.32 Å². The smallest absolute Gasteiger partial charge is 0.0210 e.